The van der Waals surface area contributed by atoms with Crippen molar-refractivity contribution < 1.29 is 4.57 Å². The predicted octanol–water partition coefficient (Wildman–Crippen LogP) is 2.54. The van der Waals surface area contributed by atoms with Crippen molar-refractivity contribution in [3.8, 4) is 0 Å². The van der Waals surface area contributed by atoms with Gasteiger partial charge in [-0.1, -0.05) is 0 Å². The molecule has 0 N–H and O–H groups in total. The maximum Gasteiger partial charge on any atom is 0.337 e. The minimum absolute atomic E-state index is 0.363. The highest BCUT2D eigenvalue weighted by atomic mass is 35.5. The number of halogens is 2. The summed E-state index contributed by atoms with van der Waals surface area (Å²) in [6.45, 7) is 0.897. The van der Waals surface area contributed by atoms with Crippen LogP contribution in [0.3, 0.4) is 0 Å². The van der Waals surface area contributed by atoms with E-state index in [1.807, 2.05) is 0 Å². The molecule has 0 fully saturated rings. The van der Waals surface area contributed by atoms with Crippen LogP contribution < -0.4 is 0 Å². The average molecular weight is 290 g/mol. The van der Waals surface area contributed by atoms with Gasteiger partial charge in [0.2, 0.25) is 0 Å². The summed E-state index contributed by atoms with van der Waals surface area (Å²) in [6, 6.07) is 0. The lowest BCUT2D eigenvalue weighted by atomic mass is 10.6. The molecule has 0 aromatic carbocycles. The molecule has 0 aliphatic heterocycles. The van der Waals surface area contributed by atoms with E-state index in [0.717, 1.165) is 0 Å². The third-order valence-corrected chi connectivity index (χ3v) is 4.85. The molecule has 0 amide bonds. The molecular formula is C7H14Cl2N3OPS. The van der Waals surface area contributed by atoms with Crippen molar-refractivity contribution in [1.82, 2.24) is 9.34 Å². The van der Waals surface area contributed by atoms with Gasteiger partial charge in [0.1, 0.15) is 0 Å². The summed E-state index contributed by atoms with van der Waals surface area (Å²) in [6.07, 6.45) is 0. The molecule has 0 aromatic rings. The number of isothiocyanates is 1. The zero-order valence-electron chi connectivity index (χ0n) is 8.69. The number of hydrogen-bond acceptors (Lipinski definition) is 2. The molecule has 0 radical (unpaired) electrons. The van der Waals surface area contributed by atoms with E-state index in [1.54, 1.807) is 18.8 Å². The van der Waals surface area contributed by atoms with E-state index in [0.29, 0.717) is 24.8 Å². The summed E-state index contributed by atoms with van der Waals surface area (Å²) in [5.74, 6) is 0.726. The summed E-state index contributed by atoms with van der Waals surface area (Å²) in [5.41, 5.74) is 0. The Morgan fingerprint density at radius 3 is 2.07 bits per heavy atom. The number of thiocarbonyl (C=S) groups is 1. The molecule has 1 unspecified atom stereocenters. The Balaban J connectivity index is 4.99. The van der Waals surface area contributed by atoms with E-state index in [9.17, 15) is 4.57 Å². The number of nitrogens with zero attached hydrogens (tertiary/aromatic N) is 3. The second-order valence-corrected chi connectivity index (χ2v) is 6.41. The third-order valence-electron chi connectivity index (χ3n) is 1.75. The van der Waals surface area contributed by atoms with E-state index in [4.69, 9.17) is 23.2 Å². The Hall–Kier alpha value is 0.530. The van der Waals surface area contributed by atoms with Gasteiger partial charge in [-0.25, -0.2) is 9.34 Å². The van der Waals surface area contributed by atoms with Crippen LogP contribution in [-0.4, -0.2) is 53.4 Å². The fraction of sp³-hybridized carbons (Fsp3) is 0.857. The summed E-state index contributed by atoms with van der Waals surface area (Å²) in [7, 11) is 0.319. The van der Waals surface area contributed by atoms with Gasteiger partial charge >= 0.3 is 7.59 Å². The maximum atomic E-state index is 12.4. The molecule has 1 atom stereocenters. The molecule has 88 valence electrons. The minimum atomic E-state index is -3.03. The van der Waals surface area contributed by atoms with Crippen LogP contribution in [-0.2, 0) is 4.57 Å². The highest BCUT2D eigenvalue weighted by Gasteiger charge is 2.31. The molecule has 0 spiro atoms. The summed E-state index contributed by atoms with van der Waals surface area (Å²) in [4.78, 5) is 0. The molecule has 0 saturated carbocycles. The second kappa shape index (κ2) is 7.75. The number of rotatable bonds is 7. The fourth-order valence-electron chi connectivity index (χ4n) is 1.03. The average Bonchev–Trinajstić information content (AvgIpc) is 2.17. The smallest absolute Gasteiger partial charge is 0.261 e. The van der Waals surface area contributed by atoms with Crippen molar-refractivity contribution in [2.24, 2.45) is 4.76 Å². The molecule has 0 heterocycles. The van der Waals surface area contributed by atoms with Crippen molar-refractivity contribution in [2.75, 3.05) is 38.9 Å². The first-order valence-electron chi connectivity index (χ1n) is 4.27. The first-order chi connectivity index (χ1) is 7.02. The van der Waals surface area contributed by atoms with E-state index < -0.39 is 7.59 Å². The Bertz CT molecular complexity index is 277. The van der Waals surface area contributed by atoms with Crippen LogP contribution >= 0.6 is 43.0 Å². The van der Waals surface area contributed by atoms with Crippen molar-refractivity contribution in [1.29, 1.82) is 0 Å². The Morgan fingerprint density at radius 1 is 1.33 bits per heavy atom. The van der Waals surface area contributed by atoms with Gasteiger partial charge in [-0.15, -0.1) is 28.0 Å². The number of alkyl halides is 2. The first-order valence-corrected chi connectivity index (χ1v) is 7.31. The highest BCUT2D eigenvalue weighted by Crippen LogP contribution is 2.52. The van der Waals surface area contributed by atoms with Crippen LogP contribution in [0.25, 0.3) is 0 Å². The summed E-state index contributed by atoms with van der Waals surface area (Å²) >= 11 is 15.8. The van der Waals surface area contributed by atoms with E-state index in [-0.39, 0.29) is 0 Å². The standard InChI is InChI=1S/C7H14Cl2N3OPS/c1-11(2)14(13,10-7-15)12(5-3-8)6-4-9/h3-6H2,1-2H3. The van der Waals surface area contributed by atoms with Crippen LogP contribution in [0.1, 0.15) is 0 Å². The zero-order chi connectivity index (χ0) is 11.9. The van der Waals surface area contributed by atoms with Gasteiger partial charge in [-0.3, -0.25) is 4.57 Å². The van der Waals surface area contributed by atoms with Gasteiger partial charge in [-0.2, -0.15) is 0 Å². The molecular weight excluding hydrogens is 276 g/mol. The molecule has 0 aromatic heterocycles. The summed E-state index contributed by atoms with van der Waals surface area (Å²) < 4.78 is 19.3. The molecule has 0 aliphatic rings. The van der Waals surface area contributed by atoms with Crippen molar-refractivity contribution in [2.45, 2.75) is 0 Å². The normalized spacial score (nSPS) is 15.1. The summed E-state index contributed by atoms with van der Waals surface area (Å²) in [5, 5.41) is 2.16. The topological polar surface area (TPSA) is 35.9 Å². The molecule has 0 rings (SSSR count). The van der Waals surface area contributed by atoms with Crippen molar-refractivity contribution >= 4 is 48.2 Å². The van der Waals surface area contributed by atoms with Crippen LogP contribution in [0.15, 0.2) is 4.76 Å². The lowest BCUT2D eigenvalue weighted by molar-refractivity contribution is 0.398. The van der Waals surface area contributed by atoms with Crippen molar-refractivity contribution in [3.05, 3.63) is 0 Å². The van der Waals surface area contributed by atoms with Gasteiger partial charge in [-0.05, 0) is 26.3 Å². The second-order valence-electron chi connectivity index (χ2n) is 2.88. The Labute approximate surface area is 106 Å². The van der Waals surface area contributed by atoms with Gasteiger partial charge < -0.3 is 0 Å². The molecule has 8 heteroatoms. The largest absolute Gasteiger partial charge is 0.337 e. The molecule has 0 saturated heterocycles. The SMILES string of the molecule is CN(C)P(=O)(N=C=S)N(CCCl)CCCl. The van der Waals surface area contributed by atoms with E-state index >= 15 is 0 Å². The van der Waals surface area contributed by atoms with Crippen LogP contribution in [0.2, 0.25) is 0 Å². The lowest BCUT2D eigenvalue weighted by Crippen LogP contribution is -2.30. The van der Waals surface area contributed by atoms with Crippen LogP contribution in [0.5, 0.6) is 0 Å². The highest BCUT2D eigenvalue weighted by molar-refractivity contribution is 7.78. The first kappa shape index (κ1) is 15.5. The van der Waals surface area contributed by atoms with Crippen LogP contribution in [0.4, 0.5) is 0 Å². The van der Waals surface area contributed by atoms with Gasteiger partial charge in [0.25, 0.3) is 0 Å². The van der Waals surface area contributed by atoms with Crippen LogP contribution in [0, 0.1) is 0 Å². The third kappa shape index (κ3) is 4.49. The van der Waals surface area contributed by atoms with Crippen molar-refractivity contribution in [3.63, 3.8) is 0 Å². The molecule has 0 aliphatic carbocycles. The van der Waals surface area contributed by atoms with E-state index in [1.165, 1.54) is 4.67 Å². The van der Waals surface area contributed by atoms with Gasteiger partial charge in [0.05, 0.1) is 5.16 Å². The predicted molar refractivity (Wildman–Crippen MR) is 69.3 cm³/mol. The molecule has 4 nitrogen and oxygen atoms in total. The monoisotopic (exact) mass is 289 g/mol. The zero-order valence-corrected chi connectivity index (χ0v) is 11.9. The van der Waals surface area contributed by atoms with Gasteiger partial charge in [0.15, 0.2) is 0 Å². The maximum absolute atomic E-state index is 12.4. The number of hydrogen-bond donors (Lipinski definition) is 0. The van der Waals surface area contributed by atoms with E-state index in [2.05, 4.69) is 22.1 Å². The van der Waals surface area contributed by atoms with Gasteiger partial charge in [0, 0.05) is 24.8 Å². The Kier molecular flexibility index (Phi) is 8.02. The molecule has 15 heavy (non-hydrogen) atoms. The fourth-order valence-corrected chi connectivity index (χ4v) is 3.63. The quantitative estimate of drug-likeness (QED) is 0.312. The minimum Gasteiger partial charge on any atom is -0.261 e. The Morgan fingerprint density at radius 2 is 1.80 bits per heavy atom. The molecule has 0 bridgehead atoms. The lowest BCUT2D eigenvalue weighted by Gasteiger charge is -2.30.